The largest absolute Gasteiger partial charge is 0.339 e. The van der Waals surface area contributed by atoms with Crippen molar-refractivity contribution in [1.82, 2.24) is 19.8 Å². The molecule has 0 radical (unpaired) electrons. The van der Waals surface area contributed by atoms with Crippen LogP contribution in [0.1, 0.15) is 62.5 Å². The highest BCUT2D eigenvalue weighted by molar-refractivity contribution is 5.92. The summed E-state index contributed by atoms with van der Waals surface area (Å²) >= 11 is 0. The summed E-state index contributed by atoms with van der Waals surface area (Å²) in [6, 6.07) is 10.2. The van der Waals surface area contributed by atoms with Crippen molar-refractivity contribution in [1.29, 1.82) is 0 Å². The van der Waals surface area contributed by atoms with Gasteiger partial charge in [0.2, 0.25) is 5.91 Å². The molecule has 6 nitrogen and oxygen atoms in total. The highest BCUT2D eigenvalue weighted by Gasteiger charge is 2.50. The van der Waals surface area contributed by atoms with E-state index in [0.29, 0.717) is 31.2 Å². The molecule has 1 aromatic heterocycles. The second-order valence-electron chi connectivity index (χ2n) is 10.3. The SMILES string of the molecule is CC1(C)CC2CC(C)(CN2C(=O)CCN(Cc2ccccc2)C(=O)c2cnccn2)C1. The summed E-state index contributed by atoms with van der Waals surface area (Å²) in [6.07, 6.45) is 8.18. The van der Waals surface area contributed by atoms with E-state index >= 15 is 0 Å². The van der Waals surface area contributed by atoms with Crippen molar-refractivity contribution >= 4 is 11.8 Å². The molecule has 2 heterocycles. The van der Waals surface area contributed by atoms with Crippen molar-refractivity contribution in [3.63, 3.8) is 0 Å². The van der Waals surface area contributed by atoms with Crippen molar-refractivity contribution in [2.24, 2.45) is 10.8 Å². The lowest BCUT2D eigenvalue weighted by molar-refractivity contribution is -0.132. The Morgan fingerprint density at radius 3 is 2.61 bits per heavy atom. The Balaban J connectivity index is 1.46. The van der Waals surface area contributed by atoms with Gasteiger partial charge in [-0.3, -0.25) is 14.6 Å². The van der Waals surface area contributed by atoms with Crippen LogP contribution in [0.2, 0.25) is 0 Å². The van der Waals surface area contributed by atoms with E-state index in [0.717, 1.165) is 31.4 Å². The molecule has 1 saturated heterocycles. The fourth-order valence-electron chi connectivity index (χ4n) is 5.75. The van der Waals surface area contributed by atoms with Crippen LogP contribution in [0.5, 0.6) is 0 Å². The molecule has 2 aromatic rings. The topological polar surface area (TPSA) is 66.4 Å². The van der Waals surface area contributed by atoms with Crippen LogP contribution in [-0.4, -0.2) is 50.7 Å². The Bertz CT molecular complexity index is 931. The van der Waals surface area contributed by atoms with E-state index in [1.165, 1.54) is 12.4 Å². The van der Waals surface area contributed by atoms with Gasteiger partial charge in [-0.2, -0.15) is 0 Å². The zero-order valence-electron chi connectivity index (χ0n) is 18.8. The van der Waals surface area contributed by atoms with E-state index in [1.807, 2.05) is 30.3 Å². The second kappa shape index (κ2) is 8.40. The van der Waals surface area contributed by atoms with Crippen LogP contribution < -0.4 is 0 Å². The predicted molar refractivity (Wildman–Crippen MR) is 119 cm³/mol. The maximum atomic E-state index is 13.2. The normalized spacial score (nSPS) is 24.1. The molecule has 31 heavy (non-hydrogen) atoms. The third kappa shape index (κ3) is 4.94. The Kier molecular flexibility index (Phi) is 5.82. The highest BCUT2D eigenvalue weighted by Crippen LogP contribution is 2.52. The van der Waals surface area contributed by atoms with Crippen LogP contribution in [0.15, 0.2) is 48.9 Å². The van der Waals surface area contributed by atoms with Crippen molar-refractivity contribution in [2.45, 2.75) is 59.0 Å². The van der Waals surface area contributed by atoms with Crippen molar-refractivity contribution < 1.29 is 9.59 Å². The van der Waals surface area contributed by atoms with Gasteiger partial charge >= 0.3 is 0 Å². The highest BCUT2D eigenvalue weighted by atomic mass is 16.2. The molecule has 1 saturated carbocycles. The molecule has 1 aliphatic heterocycles. The van der Waals surface area contributed by atoms with Gasteiger partial charge in [0.15, 0.2) is 0 Å². The smallest absolute Gasteiger partial charge is 0.274 e. The van der Waals surface area contributed by atoms with E-state index in [1.54, 1.807) is 11.1 Å². The minimum atomic E-state index is -0.196. The Morgan fingerprint density at radius 2 is 1.90 bits per heavy atom. The average molecular weight is 421 g/mol. The summed E-state index contributed by atoms with van der Waals surface area (Å²) in [6.45, 7) is 8.58. The molecular formula is C25H32N4O2. The summed E-state index contributed by atoms with van der Waals surface area (Å²) < 4.78 is 0. The van der Waals surface area contributed by atoms with E-state index in [2.05, 4.69) is 35.6 Å². The number of nitrogens with zero attached hydrogens (tertiary/aromatic N) is 4. The van der Waals surface area contributed by atoms with E-state index in [4.69, 9.17) is 0 Å². The fourth-order valence-corrected chi connectivity index (χ4v) is 5.75. The average Bonchev–Trinajstić information content (AvgIpc) is 3.00. The van der Waals surface area contributed by atoms with Crippen LogP contribution in [-0.2, 0) is 11.3 Å². The Morgan fingerprint density at radius 1 is 1.13 bits per heavy atom. The van der Waals surface area contributed by atoms with Gasteiger partial charge in [-0.05, 0) is 35.7 Å². The van der Waals surface area contributed by atoms with E-state index in [-0.39, 0.29) is 22.6 Å². The molecule has 2 bridgehead atoms. The van der Waals surface area contributed by atoms with Gasteiger partial charge in [0.25, 0.3) is 5.91 Å². The molecule has 1 aliphatic carbocycles. The molecule has 2 fully saturated rings. The molecule has 0 N–H and O–H groups in total. The zero-order valence-corrected chi connectivity index (χ0v) is 18.8. The molecular weight excluding hydrogens is 388 g/mol. The van der Waals surface area contributed by atoms with Crippen LogP contribution in [0, 0.1) is 10.8 Å². The number of hydrogen-bond donors (Lipinski definition) is 0. The molecule has 2 aliphatic rings. The van der Waals surface area contributed by atoms with Crippen molar-refractivity contribution in [3.05, 3.63) is 60.2 Å². The third-order valence-electron chi connectivity index (χ3n) is 6.62. The van der Waals surface area contributed by atoms with Gasteiger partial charge in [0.05, 0.1) is 6.20 Å². The van der Waals surface area contributed by atoms with E-state index in [9.17, 15) is 9.59 Å². The minimum Gasteiger partial charge on any atom is -0.339 e. The summed E-state index contributed by atoms with van der Waals surface area (Å²) in [4.78, 5) is 38.3. The third-order valence-corrected chi connectivity index (χ3v) is 6.62. The van der Waals surface area contributed by atoms with Gasteiger partial charge in [-0.25, -0.2) is 4.98 Å². The molecule has 2 amide bonds. The molecule has 6 heteroatoms. The molecule has 164 valence electrons. The second-order valence-corrected chi connectivity index (χ2v) is 10.3. The lowest BCUT2D eigenvalue weighted by Crippen LogP contribution is -2.40. The van der Waals surface area contributed by atoms with Gasteiger partial charge in [0.1, 0.15) is 5.69 Å². The number of amides is 2. The molecule has 2 unspecified atom stereocenters. The van der Waals surface area contributed by atoms with Crippen molar-refractivity contribution in [2.75, 3.05) is 13.1 Å². The number of carbonyl (C=O) groups is 2. The number of aromatic nitrogens is 2. The standard InChI is InChI=1S/C25H32N4O2/c1-24(2)13-20-14-25(3,17-24)18-29(20)22(30)9-12-28(16-19-7-5-4-6-8-19)23(31)21-15-26-10-11-27-21/h4-8,10-11,15,20H,9,12-14,16-18H2,1-3H3. The van der Waals surface area contributed by atoms with Crippen molar-refractivity contribution in [3.8, 4) is 0 Å². The number of carbonyl (C=O) groups excluding carboxylic acids is 2. The predicted octanol–water partition coefficient (Wildman–Crippen LogP) is 3.94. The summed E-state index contributed by atoms with van der Waals surface area (Å²) in [5, 5.41) is 0. The number of fused-ring (bicyclic) bond motifs is 2. The van der Waals surface area contributed by atoms with Gasteiger partial charge in [0, 0.05) is 44.5 Å². The molecule has 0 spiro atoms. The van der Waals surface area contributed by atoms with Gasteiger partial charge in [-0.1, -0.05) is 51.1 Å². The number of hydrogen-bond acceptors (Lipinski definition) is 4. The number of likely N-dealkylation sites (tertiary alicyclic amines) is 1. The first-order chi connectivity index (χ1) is 14.7. The van der Waals surface area contributed by atoms with Crippen LogP contribution >= 0.6 is 0 Å². The monoisotopic (exact) mass is 420 g/mol. The zero-order chi connectivity index (χ0) is 22.1. The Hall–Kier alpha value is -2.76. The first kappa shape index (κ1) is 21.5. The molecule has 2 atom stereocenters. The summed E-state index contributed by atoms with van der Waals surface area (Å²) in [5.41, 5.74) is 1.81. The van der Waals surface area contributed by atoms with Crippen LogP contribution in [0.3, 0.4) is 0 Å². The fraction of sp³-hybridized carbons (Fsp3) is 0.520. The molecule has 4 rings (SSSR count). The van der Waals surface area contributed by atoms with Gasteiger partial charge < -0.3 is 9.80 Å². The molecule has 1 aromatic carbocycles. The lowest BCUT2D eigenvalue weighted by atomic mass is 9.65. The van der Waals surface area contributed by atoms with Crippen LogP contribution in [0.4, 0.5) is 0 Å². The summed E-state index contributed by atoms with van der Waals surface area (Å²) in [7, 11) is 0. The van der Waals surface area contributed by atoms with Gasteiger partial charge in [-0.15, -0.1) is 0 Å². The first-order valence-corrected chi connectivity index (χ1v) is 11.1. The van der Waals surface area contributed by atoms with Crippen LogP contribution in [0.25, 0.3) is 0 Å². The number of benzene rings is 1. The lowest BCUT2D eigenvalue weighted by Gasteiger charge is -2.39. The maximum absolute atomic E-state index is 13.2. The first-order valence-electron chi connectivity index (χ1n) is 11.1. The minimum absolute atomic E-state index is 0.149. The number of rotatable bonds is 6. The van der Waals surface area contributed by atoms with E-state index < -0.39 is 0 Å². The maximum Gasteiger partial charge on any atom is 0.274 e. The Labute approximate surface area is 184 Å². The summed E-state index contributed by atoms with van der Waals surface area (Å²) in [5.74, 6) is -0.0468. The quantitative estimate of drug-likeness (QED) is 0.710.